The zero-order chi connectivity index (χ0) is 13.8. The molecule has 18 heavy (non-hydrogen) atoms. The van der Waals surface area contributed by atoms with Crippen molar-refractivity contribution in [3.05, 3.63) is 0 Å². The molecule has 4 nitrogen and oxygen atoms in total. The van der Waals surface area contributed by atoms with Crippen LogP contribution in [0.5, 0.6) is 0 Å². The normalized spacial score (nSPS) is 25.2. The summed E-state index contributed by atoms with van der Waals surface area (Å²) >= 11 is 0. The molecule has 0 bridgehead atoms. The Bertz CT molecular complexity index is 265. The smallest absolute Gasteiger partial charge is 0.234 e. The predicted octanol–water partition coefficient (Wildman–Crippen LogP) is 1.38. The van der Waals surface area contributed by atoms with E-state index < -0.39 is 0 Å². The maximum Gasteiger partial charge on any atom is 0.234 e. The maximum absolute atomic E-state index is 11.9. The van der Waals surface area contributed by atoms with Crippen molar-refractivity contribution in [2.45, 2.75) is 58.6 Å². The van der Waals surface area contributed by atoms with Crippen molar-refractivity contribution >= 4 is 5.91 Å². The lowest BCUT2D eigenvalue weighted by atomic mass is 9.93. The van der Waals surface area contributed by atoms with E-state index in [0.29, 0.717) is 6.54 Å². The number of aliphatic hydroxyl groups is 1. The van der Waals surface area contributed by atoms with Gasteiger partial charge in [0, 0.05) is 12.6 Å². The van der Waals surface area contributed by atoms with Crippen LogP contribution in [0.4, 0.5) is 0 Å². The summed E-state index contributed by atoms with van der Waals surface area (Å²) in [6.45, 7) is 7.87. The minimum absolute atomic E-state index is 0.100. The van der Waals surface area contributed by atoms with E-state index in [1.807, 2.05) is 7.05 Å². The third-order valence-electron chi connectivity index (χ3n) is 3.22. The monoisotopic (exact) mass is 256 g/mol. The molecular formula is C14H28N2O2. The number of amides is 1. The molecule has 0 aromatic heterocycles. The molecule has 2 N–H and O–H groups in total. The number of hydrogen-bond donors (Lipinski definition) is 2. The molecule has 0 aromatic rings. The lowest BCUT2D eigenvalue weighted by Gasteiger charge is -2.29. The fourth-order valence-electron chi connectivity index (χ4n) is 2.60. The van der Waals surface area contributed by atoms with Crippen LogP contribution < -0.4 is 5.32 Å². The third-order valence-corrected chi connectivity index (χ3v) is 3.22. The van der Waals surface area contributed by atoms with Gasteiger partial charge in [0.15, 0.2) is 0 Å². The van der Waals surface area contributed by atoms with Crippen molar-refractivity contribution in [2.75, 3.05) is 20.1 Å². The molecule has 0 saturated heterocycles. The summed E-state index contributed by atoms with van der Waals surface area (Å²) in [5.74, 6) is 0.100. The van der Waals surface area contributed by atoms with Gasteiger partial charge in [0.25, 0.3) is 0 Å². The highest BCUT2D eigenvalue weighted by Gasteiger charge is 2.22. The van der Waals surface area contributed by atoms with Crippen molar-refractivity contribution in [2.24, 2.45) is 5.41 Å². The Morgan fingerprint density at radius 3 is 2.33 bits per heavy atom. The fraction of sp³-hybridized carbons (Fsp3) is 0.929. The van der Waals surface area contributed by atoms with Crippen molar-refractivity contribution in [1.82, 2.24) is 10.2 Å². The number of carbonyl (C=O) groups is 1. The molecule has 1 rings (SSSR count). The van der Waals surface area contributed by atoms with Crippen molar-refractivity contribution in [3.63, 3.8) is 0 Å². The van der Waals surface area contributed by atoms with E-state index in [1.165, 1.54) is 0 Å². The predicted molar refractivity (Wildman–Crippen MR) is 73.4 cm³/mol. The molecule has 0 radical (unpaired) electrons. The fourth-order valence-corrected chi connectivity index (χ4v) is 2.60. The van der Waals surface area contributed by atoms with Crippen LogP contribution in [0.2, 0.25) is 0 Å². The summed E-state index contributed by atoms with van der Waals surface area (Å²) in [5.41, 5.74) is 0.212. The number of nitrogens with zero attached hydrogens (tertiary/aromatic N) is 1. The standard InChI is InChI=1S/C14H28N2O2/c1-14(2,3)10-16(4)9-13(18)15-11-5-7-12(17)8-6-11/h11-12,17H,5-10H2,1-4H3,(H,15,18). The quantitative estimate of drug-likeness (QED) is 0.799. The zero-order valence-electron chi connectivity index (χ0n) is 12.2. The molecule has 1 aliphatic rings. The Kier molecular flexibility index (Phi) is 5.60. The SMILES string of the molecule is CN(CC(=O)NC1CCC(O)CC1)CC(C)(C)C. The molecule has 1 aliphatic carbocycles. The number of likely N-dealkylation sites (N-methyl/N-ethyl adjacent to an activating group) is 1. The maximum atomic E-state index is 11.9. The van der Waals surface area contributed by atoms with Gasteiger partial charge in [-0.3, -0.25) is 9.69 Å². The molecule has 0 aliphatic heterocycles. The Morgan fingerprint density at radius 2 is 1.83 bits per heavy atom. The van der Waals surface area contributed by atoms with Crippen LogP contribution >= 0.6 is 0 Å². The molecule has 0 aromatic carbocycles. The van der Waals surface area contributed by atoms with Gasteiger partial charge in [0.2, 0.25) is 5.91 Å². The van der Waals surface area contributed by atoms with E-state index in [2.05, 4.69) is 31.0 Å². The highest BCUT2D eigenvalue weighted by Crippen LogP contribution is 2.18. The molecule has 0 heterocycles. The van der Waals surface area contributed by atoms with E-state index in [0.717, 1.165) is 32.2 Å². The van der Waals surface area contributed by atoms with Crippen LogP contribution in [0.1, 0.15) is 46.5 Å². The van der Waals surface area contributed by atoms with Gasteiger partial charge >= 0.3 is 0 Å². The van der Waals surface area contributed by atoms with E-state index in [9.17, 15) is 9.90 Å². The van der Waals surface area contributed by atoms with Gasteiger partial charge in [-0.1, -0.05) is 20.8 Å². The van der Waals surface area contributed by atoms with Gasteiger partial charge in [-0.05, 0) is 38.1 Å². The molecule has 1 amide bonds. The van der Waals surface area contributed by atoms with E-state index in [-0.39, 0.29) is 23.5 Å². The molecule has 0 unspecified atom stereocenters. The van der Waals surface area contributed by atoms with Gasteiger partial charge in [0.05, 0.1) is 12.6 Å². The first-order chi connectivity index (χ1) is 8.26. The largest absolute Gasteiger partial charge is 0.393 e. The van der Waals surface area contributed by atoms with Crippen molar-refractivity contribution in [1.29, 1.82) is 0 Å². The molecule has 106 valence electrons. The van der Waals surface area contributed by atoms with Gasteiger partial charge < -0.3 is 10.4 Å². The Morgan fingerprint density at radius 1 is 1.28 bits per heavy atom. The number of nitrogens with one attached hydrogen (secondary N) is 1. The van der Waals surface area contributed by atoms with Gasteiger partial charge in [-0.2, -0.15) is 0 Å². The molecule has 0 atom stereocenters. The van der Waals surface area contributed by atoms with Crippen LogP contribution in [0.3, 0.4) is 0 Å². The second-order valence-electron chi connectivity index (χ2n) is 6.81. The molecule has 1 fully saturated rings. The summed E-state index contributed by atoms with van der Waals surface area (Å²) in [4.78, 5) is 13.9. The van der Waals surface area contributed by atoms with Crippen LogP contribution in [0, 0.1) is 5.41 Å². The number of hydrogen-bond acceptors (Lipinski definition) is 3. The minimum atomic E-state index is -0.165. The zero-order valence-corrected chi connectivity index (χ0v) is 12.2. The topological polar surface area (TPSA) is 52.6 Å². The van der Waals surface area contributed by atoms with Gasteiger partial charge in [-0.25, -0.2) is 0 Å². The second kappa shape index (κ2) is 6.53. The summed E-state index contributed by atoms with van der Waals surface area (Å²) < 4.78 is 0. The first-order valence-corrected chi connectivity index (χ1v) is 6.92. The highest BCUT2D eigenvalue weighted by atomic mass is 16.3. The Labute approximate surface area is 111 Å². The summed E-state index contributed by atoms with van der Waals surface area (Å²) in [7, 11) is 1.98. The minimum Gasteiger partial charge on any atom is -0.393 e. The first kappa shape index (κ1) is 15.4. The summed E-state index contributed by atoms with van der Waals surface area (Å²) in [5, 5.41) is 12.5. The van der Waals surface area contributed by atoms with Crippen molar-refractivity contribution < 1.29 is 9.90 Å². The van der Waals surface area contributed by atoms with Crippen LogP contribution in [0.15, 0.2) is 0 Å². The number of aliphatic hydroxyl groups excluding tert-OH is 1. The molecule has 0 spiro atoms. The molecule has 4 heteroatoms. The molecule has 1 saturated carbocycles. The Hall–Kier alpha value is -0.610. The first-order valence-electron chi connectivity index (χ1n) is 6.92. The van der Waals surface area contributed by atoms with Crippen LogP contribution in [-0.2, 0) is 4.79 Å². The second-order valence-corrected chi connectivity index (χ2v) is 6.81. The summed E-state index contributed by atoms with van der Waals surface area (Å²) in [6.07, 6.45) is 3.25. The summed E-state index contributed by atoms with van der Waals surface area (Å²) in [6, 6.07) is 0.254. The van der Waals surface area contributed by atoms with E-state index in [4.69, 9.17) is 0 Å². The van der Waals surface area contributed by atoms with Crippen LogP contribution in [0.25, 0.3) is 0 Å². The number of carbonyl (C=O) groups excluding carboxylic acids is 1. The van der Waals surface area contributed by atoms with Gasteiger partial charge in [-0.15, -0.1) is 0 Å². The average molecular weight is 256 g/mol. The Balaban J connectivity index is 2.25. The lowest BCUT2D eigenvalue weighted by Crippen LogP contribution is -2.44. The third kappa shape index (κ3) is 6.36. The van der Waals surface area contributed by atoms with Crippen LogP contribution in [-0.4, -0.2) is 48.2 Å². The average Bonchev–Trinajstić information content (AvgIpc) is 2.18. The van der Waals surface area contributed by atoms with Gasteiger partial charge in [0.1, 0.15) is 0 Å². The highest BCUT2D eigenvalue weighted by molar-refractivity contribution is 5.78. The van der Waals surface area contributed by atoms with E-state index >= 15 is 0 Å². The lowest BCUT2D eigenvalue weighted by molar-refractivity contribution is -0.123. The van der Waals surface area contributed by atoms with E-state index in [1.54, 1.807) is 0 Å². The van der Waals surface area contributed by atoms with Crippen molar-refractivity contribution in [3.8, 4) is 0 Å². The number of rotatable bonds is 4. The molecular weight excluding hydrogens is 228 g/mol.